The van der Waals surface area contributed by atoms with Gasteiger partial charge < -0.3 is 49.6 Å². The fourth-order valence-corrected chi connectivity index (χ4v) is 6.50. The number of fused-ring (bicyclic) bond motifs is 3. The van der Waals surface area contributed by atoms with E-state index in [1.165, 1.54) is 12.1 Å². The van der Waals surface area contributed by atoms with Gasteiger partial charge in [0.2, 0.25) is 0 Å². The van der Waals surface area contributed by atoms with Crippen LogP contribution in [0.1, 0.15) is 18.4 Å². The summed E-state index contributed by atoms with van der Waals surface area (Å²) in [6, 6.07) is 6.05. The summed E-state index contributed by atoms with van der Waals surface area (Å²) < 4.78 is 23.0. The van der Waals surface area contributed by atoms with Crippen molar-refractivity contribution < 1.29 is 59.2 Å². The van der Waals surface area contributed by atoms with E-state index < -0.39 is 85.5 Å². The number of hydrogen-bond acceptors (Lipinski definition) is 12. The number of esters is 2. The number of benzene rings is 1. The average molecular weight is 589 g/mol. The molecule has 4 aliphatic rings. The van der Waals surface area contributed by atoms with Gasteiger partial charge in [-0.15, -0.1) is 0 Å². The van der Waals surface area contributed by atoms with Crippen LogP contribution in [0.15, 0.2) is 60.7 Å². The van der Waals surface area contributed by atoms with Crippen molar-refractivity contribution in [3.05, 3.63) is 66.3 Å². The Hall–Kier alpha value is -3.10. The van der Waals surface area contributed by atoms with Crippen molar-refractivity contribution in [1.82, 2.24) is 0 Å². The molecule has 2 aliphatic heterocycles. The lowest BCUT2D eigenvalue weighted by Gasteiger charge is -2.40. The highest BCUT2D eigenvalue weighted by Crippen LogP contribution is 2.53. The van der Waals surface area contributed by atoms with Gasteiger partial charge in [-0.05, 0) is 35.6 Å². The Balaban J connectivity index is 1.32. The second-order valence-electron chi connectivity index (χ2n) is 11.4. The first kappa shape index (κ1) is 30.4. The highest BCUT2D eigenvalue weighted by atomic mass is 16.7. The maximum Gasteiger partial charge on any atom is 0.335 e. The first-order chi connectivity index (χ1) is 19.9. The third-order valence-electron chi connectivity index (χ3n) is 8.80. The summed E-state index contributed by atoms with van der Waals surface area (Å²) in [6.07, 6.45) is -10.8. The molecule has 228 valence electrons. The van der Waals surface area contributed by atoms with Crippen LogP contribution < -0.4 is 0 Å². The van der Waals surface area contributed by atoms with Crippen LogP contribution in [0.5, 0.6) is 5.75 Å². The summed E-state index contributed by atoms with van der Waals surface area (Å²) >= 11 is 0. The molecule has 2 aliphatic carbocycles. The summed E-state index contributed by atoms with van der Waals surface area (Å²) in [5, 5.41) is 60.2. The molecular weight excluding hydrogens is 552 g/mol. The lowest BCUT2D eigenvalue weighted by molar-refractivity contribution is -0.308. The molecule has 1 aromatic rings. The van der Waals surface area contributed by atoms with Gasteiger partial charge in [0.15, 0.2) is 12.4 Å². The van der Waals surface area contributed by atoms with E-state index in [0.717, 1.165) is 0 Å². The fraction of sp³-hybridized carbons (Fsp3) is 0.533. The fourth-order valence-electron chi connectivity index (χ4n) is 6.50. The van der Waals surface area contributed by atoms with Crippen molar-refractivity contribution >= 4 is 11.9 Å². The molecule has 0 aromatic heterocycles. The Morgan fingerprint density at radius 3 is 2.40 bits per heavy atom. The van der Waals surface area contributed by atoms with Crippen LogP contribution in [-0.2, 0) is 35.0 Å². The molecule has 0 spiro atoms. The average Bonchev–Trinajstić information content (AvgIpc) is 3.40. The Bertz CT molecular complexity index is 1240. The van der Waals surface area contributed by atoms with Gasteiger partial charge in [0.1, 0.15) is 42.4 Å². The summed E-state index contributed by atoms with van der Waals surface area (Å²) in [4.78, 5) is 25.7. The van der Waals surface area contributed by atoms with Gasteiger partial charge in [-0.2, -0.15) is 0 Å². The number of aromatic hydroxyl groups is 1. The number of carbonyl (C=O) groups is 2. The molecule has 0 bridgehead atoms. The zero-order valence-corrected chi connectivity index (χ0v) is 22.8. The van der Waals surface area contributed by atoms with Crippen molar-refractivity contribution in [1.29, 1.82) is 0 Å². The molecule has 2 heterocycles. The molecule has 12 atom stereocenters. The van der Waals surface area contributed by atoms with Gasteiger partial charge in [-0.25, -0.2) is 9.59 Å². The SMILES string of the molecule is C=C1CC(OC(=O)C(O)Cc2ccc(O)cc2)C2C(=C)C(=O)OC2C2C(=C)C(O[C@@H]3O[C@H](CO)[C@@H](O)[C@H](O)[C@H]3O)CC12. The number of aliphatic hydroxyl groups excluding tert-OH is 5. The summed E-state index contributed by atoms with van der Waals surface area (Å²) in [6.45, 7) is 11.7. The van der Waals surface area contributed by atoms with Crippen molar-refractivity contribution in [2.75, 3.05) is 6.61 Å². The Morgan fingerprint density at radius 2 is 1.74 bits per heavy atom. The zero-order valence-electron chi connectivity index (χ0n) is 22.8. The van der Waals surface area contributed by atoms with Crippen LogP contribution >= 0.6 is 0 Å². The molecule has 12 nitrogen and oxygen atoms in total. The third kappa shape index (κ3) is 5.51. The monoisotopic (exact) mass is 588 g/mol. The number of rotatable bonds is 7. The normalized spacial score (nSPS) is 38.8. The number of carbonyl (C=O) groups excluding carboxylic acids is 2. The van der Waals surface area contributed by atoms with Gasteiger partial charge in [0, 0.05) is 24.3 Å². The number of phenols is 1. The maximum atomic E-state index is 13.0. The quantitative estimate of drug-likeness (QED) is 0.138. The van der Waals surface area contributed by atoms with E-state index in [-0.39, 0.29) is 30.1 Å². The van der Waals surface area contributed by atoms with Crippen LogP contribution in [0.3, 0.4) is 0 Å². The smallest absolute Gasteiger partial charge is 0.335 e. The van der Waals surface area contributed by atoms with Crippen LogP contribution in [0, 0.1) is 17.8 Å². The van der Waals surface area contributed by atoms with E-state index in [4.69, 9.17) is 18.9 Å². The molecule has 12 heteroatoms. The second kappa shape index (κ2) is 11.9. The van der Waals surface area contributed by atoms with Crippen LogP contribution in [0.2, 0.25) is 0 Å². The predicted octanol–water partition coefficient (Wildman–Crippen LogP) is -0.358. The molecule has 0 radical (unpaired) electrons. The molecule has 2 saturated carbocycles. The van der Waals surface area contributed by atoms with Crippen LogP contribution in [0.4, 0.5) is 0 Å². The van der Waals surface area contributed by atoms with Gasteiger partial charge in [-0.3, -0.25) is 0 Å². The van der Waals surface area contributed by atoms with E-state index >= 15 is 0 Å². The Labute approximate surface area is 242 Å². The first-order valence-corrected chi connectivity index (χ1v) is 13.8. The molecule has 5 rings (SSSR count). The Kier molecular flexibility index (Phi) is 8.59. The first-order valence-electron chi connectivity index (χ1n) is 13.8. The molecule has 6 N–H and O–H groups in total. The van der Waals surface area contributed by atoms with Crippen LogP contribution in [-0.4, -0.2) is 104 Å². The van der Waals surface area contributed by atoms with E-state index in [1.54, 1.807) is 12.1 Å². The highest BCUT2D eigenvalue weighted by Gasteiger charge is 2.58. The van der Waals surface area contributed by atoms with E-state index in [0.29, 0.717) is 23.1 Å². The molecule has 2 saturated heterocycles. The maximum absolute atomic E-state index is 13.0. The van der Waals surface area contributed by atoms with Crippen molar-refractivity contribution in [2.45, 2.75) is 74.4 Å². The van der Waals surface area contributed by atoms with E-state index in [2.05, 4.69) is 19.7 Å². The zero-order chi connectivity index (χ0) is 30.5. The molecule has 4 fully saturated rings. The number of phenolic OH excluding ortho intramolecular Hbond substituents is 1. The predicted molar refractivity (Wildman–Crippen MR) is 143 cm³/mol. The van der Waals surface area contributed by atoms with Crippen molar-refractivity contribution in [3.63, 3.8) is 0 Å². The number of aliphatic hydroxyl groups is 5. The minimum absolute atomic E-state index is 0.0454. The number of ether oxygens (including phenoxy) is 4. The molecule has 0 amide bonds. The Morgan fingerprint density at radius 1 is 1.05 bits per heavy atom. The summed E-state index contributed by atoms with van der Waals surface area (Å²) in [7, 11) is 0. The van der Waals surface area contributed by atoms with Crippen molar-refractivity contribution in [2.24, 2.45) is 17.8 Å². The summed E-state index contributed by atoms with van der Waals surface area (Å²) in [5.41, 5.74) is 1.91. The molecule has 1 aromatic carbocycles. The summed E-state index contributed by atoms with van der Waals surface area (Å²) in [5.74, 6) is -3.07. The highest BCUT2D eigenvalue weighted by molar-refractivity contribution is 5.91. The van der Waals surface area contributed by atoms with E-state index in [1.807, 2.05) is 0 Å². The van der Waals surface area contributed by atoms with Gasteiger partial charge in [0.25, 0.3) is 0 Å². The van der Waals surface area contributed by atoms with Gasteiger partial charge in [-0.1, -0.05) is 37.4 Å². The number of hydrogen-bond donors (Lipinski definition) is 6. The van der Waals surface area contributed by atoms with Crippen LogP contribution in [0.25, 0.3) is 0 Å². The third-order valence-corrected chi connectivity index (χ3v) is 8.80. The second-order valence-corrected chi connectivity index (χ2v) is 11.4. The lowest BCUT2D eigenvalue weighted by atomic mass is 9.81. The van der Waals surface area contributed by atoms with E-state index in [9.17, 15) is 40.2 Å². The molecule has 42 heavy (non-hydrogen) atoms. The minimum atomic E-state index is -1.61. The topological polar surface area (TPSA) is 192 Å². The molecular formula is C30H36O12. The van der Waals surface area contributed by atoms with Crippen molar-refractivity contribution in [3.8, 4) is 5.75 Å². The largest absolute Gasteiger partial charge is 0.508 e. The standard InChI is InChI=1S/C30H36O12/c1-12-8-20(39-29(38)18(33)9-15-4-6-16(32)7-5-15)23-14(3)28(37)42-27(23)22-13(2)19(10-17(12)22)40-30-26(36)25(35)24(34)21(11-31)41-30/h4-7,17-27,30-36H,1-3,8-11H2/t17?,18?,19?,20?,21-,22?,23?,24-,25+,26-,27?,30-/m1/s1. The van der Waals surface area contributed by atoms with Gasteiger partial charge in [0.05, 0.1) is 18.6 Å². The molecule has 7 unspecified atom stereocenters. The minimum Gasteiger partial charge on any atom is -0.508 e. The lowest BCUT2D eigenvalue weighted by Crippen LogP contribution is -2.59. The van der Waals surface area contributed by atoms with Gasteiger partial charge >= 0.3 is 11.9 Å².